The molecule has 0 unspecified atom stereocenters. The van der Waals surface area contributed by atoms with Gasteiger partial charge in [0.05, 0.1) is 11.5 Å². The average Bonchev–Trinajstić information content (AvgIpc) is 2.67. The van der Waals surface area contributed by atoms with Crippen molar-refractivity contribution in [2.24, 2.45) is 0 Å². The van der Waals surface area contributed by atoms with Gasteiger partial charge in [-0.3, -0.25) is 4.79 Å². The van der Waals surface area contributed by atoms with E-state index in [-0.39, 0.29) is 17.3 Å². The van der Waals surface area contributed by atoms with Gasteiger partial charge in [-0.05, 0) is 24.8 Å². The maximum absolute atomic E-state index is 10.4. The lowest BCUT2D eigenvalue weighted by Gasteiger charge is -1.98. The molecule has 0 bridgehead atoms. The van der Waals surface area contributed by atoms with Crippen LogP contribution in [0.4, 0.5) is 0 Å². The molecule has 0 radical (unpaired) electrons. The SMILES string of the molecule is C=c1nc2ccc(=C(O)CSCC(=O)O)cc2o1. The van der Waals surface area contributed by atoms with Gasteiger partial charge in [0.1, 0.15) is 11.3 Å². The van der Waals surface area contributed by atoms with Crippen LogP contribution in [-0.4, -0.2) is 32.7 Å². The van der Waals surface area contributed by atoms with E-state index in [4.69, 9.17) is 9.52 Å². The zero-order valence-electron chi connectivity index (χ0n) is 9.42. The highest BCUT2D eigenvalue weighted by Crippen LogP contribution is 2.08. The third kappa shape index (κ3) is 2.84. The number of carboxylic acid groups (broad SMARTS) is 1. The number of aliphatic hydroxyl groups is 1. The Labute approximate surface area is 106 Å². The molecule has 0 saturated heterocycles. The van der Waals surface area contributed by atoms with E-state index in [1.165, 1.54) is 0 Å². The van der Waals surface area contributed by atoms with Crippen LogP contribution in [0.3, 0.4) is 0 Å². The number of hydrogen-bond acceptors (Lipinski definition) is 5. The van der Waals surface area contributed by atoms with Gasteiger partial charge in [0.15, 0.2) is 5.58 Å². The molecule has 0 aliphatic heterocycles. The van der Waals surface area contributed by atoms with Crippen molar-refractivity contribution in [2.45, 2.75) is 0 Å². The van der Waals surface area contributed by atoms with Crippen LogP contribution in [0.15, 0.2) is 22.6 Å². The Bertz CT molecular complexity index is 692. The smallest absolute Gasteiger partial charge is 0.313 e. The monoisotopic (exact) mass is 265 g/mol. The van der Waals surface area contributed by atoms with Gasteiger partial charge in [-0.2, -0.15) is 0 Å². The Morgan fingerprint density at radius 3 is 2.89 bits per heavy atom. The summed E-state index contributed by atoms with van der Waals surface area (Å²) in [5.74, 6) is -0.591. The molecule has 0 aliphatic carbocycles. The Balaban J connectivity index is 2.27. The first kappa shape index (κ1) is 12.5. The molecule has 18 heavy (non-hydrogen) atoms. The van der Waals surface area contributed by atoms with Crippen molar-refractivity contribution in [3.05, 3.63) is 29.0 Å². The Morgan fingerprint density at radius 2 is 2.17 bits per heavy atom. The summed E-state index contributed by atoms with van der Waals surface area (Å²) in [4.78, 5) is 14.4. The third-order valence-corrected chi connectivity index (χ3v) is 3.16. The molecule has 0 atom stereocenters. The number of hydrogen-bond donors (Lipinski definition) is 2. The largest absolute Gasteiger partial charge is 0.511 e. The van der Waals surface area contributed by atoms with Gasteiger partial charge >= 0.3 is 5.97 Å². The molecule has 6 heteroatoms. The molecular formula is C12H11NO4S. The lowest BCUT2D eigenvalue weighted by molar-refractivity contribution is -0.133. The minimum atomic E-state index is -0.903. The number of thioether (sulfide) groups is 1. The highest BCUT2D eigenvalue weighted by atomic mass is 32.2. The van der Waals surface area contributed by atoms with E-state index >= 15 is 0 Å². The van der Waals surface area contributed by atoms with Crippen LogP contribution in [0.5, 0.6) is 0 Å². The van der Waals surface area contributed by atoms with Crippen LogP contribution in [-0.2, 0) is 4.79 Å². The second kappa shape index (κ2) is 5.14. The Hall–Kier alpha value is -1.95. The quantitative estimate of drug-likeness (QED) is 0.847. The molecular weight excluding hydrogens is 254 g/mol. The van der Waals surface area contributed by atoms with Gasteiger partial charge in [0, 0.05) is 5.22 Å². The molecule has 1 heterocycles. The van der Waals surface area contributed by atoms with Gasteiger partial charge < -0.3 is 14.6 Å². The number of nitrogens with zero attached hydrogens (tertiary/aromatic N) is 1. The van der Waals surface area contributed by atoms with E-state index in [1.54, 1.807) is 18.2 Å². The summed E-state index contributed by atoms with van der Waals surface area (Å²) in [6.45, 7) is 3.58. The fourth-order valence-electron chi connectivity index (χ4n) is 1.47. The van der Waals surface area contributed by atoms with Crippen LogP contribution in [0, 0.1) is 0 Å². The number of carbonyl (C=O) groups is 1. The summed E-state index contributed by atoms with van der Waals surface area (Å²) < 4.78 is 5.25. The maximum Gasteiger partial charge on any atom is 0.313 e. The fourth-order valence-corrected chi connectivity index (χ4v) is 2.11. The van der Waals surface area contributed by atoms with Crippen LogP contribution >= 0.6 is 11.8 Å². The van der Waals surface area contributed by atoms with Crippen molar-refractivity contribution in [3.63, 3.8) is 0 Å². The molecule has 5 nitrogen and oxygen atoms in total. The van der Waals surface area contributed by atoms with Gasteiger partial charge in [-0.25, -0.2) is 4.98 Å². The predicted molar refractivity (Wildman–Crippen MR) is 69.8 cm³/mol. The van der Waals surface area contributed by atoms with Crippen LogP contribution < -0.4 is 10.8 Å². The topological polar surface area (TPSA) is 83.6 Å². The zero-order chi connectivity index (χ0) is 13.1. The highest BCUT2D eigenvalue weighted by molar-refractivity contribution is 8.00. The molecule has 0 spiro atoms. The Kier molecular flexibility index (Phi) is 3.57. The summed E-state index contributed by atoms with van der Waals surface area (Å²) in [5.41, 5.74) is 1.55. The van der Waals surface area contributed by atoms with E-state index in [1.807, 2.05) is 0 Å². The van der Waals surface area contributed by atoms with Crippen LogP contribution in [0.25, 0.3) is 23.4 Å². The Morgan fingerprint density at radius 1 is 1.39 bits per heavy atom. The summed E-state index contributed by atoms with van der Waals surface area (Å²) in [6.07, 6.45) is 0. The van der Waals surface area contributed by atoms with E-state index in [2.05, 4.69) is 11.6 Å². The minimum Gasteiger partial charge on any atom is -0.511 e. The number of fused-ring (bicyclic) bond motifs is 1. The number of benzene rings is 1. The lowest BCUT2D eigenvalue weighted by Crippen LogP contribution is -2.08. The van der Waals surface area contributed by atoms with Crippen molar-refractivity contribution in [3.8, 4) is 0 Å². The van der Waals surface area contributed by atoms with Crippen LogP contribution in [0.1, 0.15) is 0 Å². The molecule has 2 rings (SSSR count). The van der Waals surface area contributed by atoms with E-state index in [0.717, 1.165) is 11.8 Å². The standard InChI is InChI=1S/C12H11NO4S/c1-7-13-9-3-2-8(4-11(9)17-7)10(14)5-18-6-12(15)16/h2-4,14H,1,5-6H2,(H,15,16). The molecule has 0 aliphatic rings. The number of aliphatic carboxylic acids is 1. The van der Waals surface area contributed by atoms with Gasteiger partial charge in [0.25, 0.3) is 0 Å². The minimum absolute atomic E-state index is 0.0440. The number of aliphatic hydroxyl groups excluding tert-OH is 1. The number of carboxylic acids is 1. The summed E-state index contributed by atoms with van der Waals surface area (Å²) in [7, 11) is 0. The van der Waals surface area contributed by atoms with Crippen molar-refractivity contribution in [2.75, 3.05) is 11.5 Å². The molecule has 94 valence electrons. The second-order valence-electron chi connectivity index (χ2n) is 3.62. The summed E-state index contributed by atoms with van der Waals surface area (Å²) in [6, 6.07) is 5.09. The predicted octanol–water partition coefficient (Wildman–Crippen LogP) is 0.722. The molecule has 0 amide bonds. The van der Waals surface area contributed by atoms with E-state index in [9.17, 15) is 9.90 Å². The normalized spacial score (nSPS) is 12.7. The third-order valence-electron chi connectivity index (χ3n) is 2.23. The first-order valence-electron chi connectivity index (χ1n) is 5.13. The highest BCUT2D eigenvalue weighted by Gasteiger charge is 2.03. The molecule has 2 aromatic rings. The number of oxazole rings is 1. The lowest BCUT2D eigenvalue weighted by atomic mass is 10.2. The van der Waals surface area contributed by atoms with E-state index < -0.39 is 5.97 Å². The van der Waals surface area contributed by atoms with Crippen molar-refractivity contribution in [1.82, 2.24) is 4.98 Å². The van der Waals surface area contributed by atoms with Gasteiger partial charge in [-0.15, -0.1) is 11.8 Å². The first-order chi connectivity index (χ1) is 8.56. The van der Waals surface area contributed by atoms with Crippen LogP contribution in [0.2, 0.25) is 0 Å². The van der Waals surface area contributed by atoms with Gasteiger partial charge in [-0.1, -0.05) is 0 Å². The molecule has 0 saturated carbocycles. The van der Waals surface area contributed by atoms with Crippen molar-refractivity contribution >= 4 is 41.2 Å². The number of rotatable bonds is 4. The zero-order valence-corrected chi connectivity index (χ0v) is 10.2. The molecule has 0 fully saturated rings. The first-order valence-corrected chi connectivity index (χ1v) is 6.29. The van der Waals surface area contributed by atoms with E-state index in [0.29, 0.717) is 21.9 Å². The molecule has 1 aromatic carbocycles. The van der Waals surface area contributed by atoms with Gasteiger partial charge in [0.2, 0.25) is 5.55 Å². The molecule has 2 N–H and O–H groups in total. The summed E-state index contributed by atoms with van der Waals surface area (Å²) in [5, 5.41) is 18.9. The van der Waals surface area contributed by atoms with Crippen molar-refractivity contribution < 1.29 is 19.4 Å². The van der Waals surface area contributed by atoms with Crippen molar-refractivity contribution in [1.29, 1.82) is 0 Å². The maximum atomic E-state index is 10.4. The molecule has 1 aromatic heterocycles. The number of aromatic nitrogens is 1. The summed E-state index contributed by atoms with van der Waals surface area (Å²) >= 11 is 1.13. The second-order valence-corrected chi connectivity index (χ2v) is 4.61. The fraction of sp³-hybridized carbons (Fsp3) is 0.167. The average molecular weight is 265 g/mol.